The van der Waals surface area contributed by atoms with Crippen LogP contribution in [0.3, 0.4) is 0 Å². The van der Waals surface area contributed by atoms with Crippen LogP contribution < -0.4 is 5.32 Å². The molecular formula is C12H16N2O3S2. The van der Waals surface area contributed by atoms with Gasteiger partial charge in [-0.25, -0.2) is 9.78 Å². The zero-order valence-corrected chi connectivity index (χ0v) is 12.3. The lowest BCUT2D eigenvalue weighted by Crippen LogP contribution is -2.38. The van der Waals surface area contributed by atoms with E-state index in [0.29, 0.717) is 12.3 Å². The van der Waals surface area contributed by atoms with Crippen LogP contribution in [-0.2, 0) is 4.74 Å². The molecule has 0 aliphatic carbocycles. The van der Waals surface area contributed by atoms with E-state index in [4.69, 9.17) is 4.74 Å². The Kier molecular flexibility index (Phi) is 5.21. The van der Waals surface area contributed by atoms with Crippen LogP contribution in [0.25, 0.3) is 0 Å². The van der Waals surface area contributed by atoms with Crippen LogP contribution in [0.5, 0.6) is 0 Å². The largest absolute Gasteiger partial charge is 0.461 e. The van der Waals surface area contributed by atoms with Crippen LogP contribution in [0.4, 0.5) is 0 Å². The van der Waals surface area contributed by atoms with Gasteiger partial charge in [0, 0.05) is 17.2 Å². The molecule has 19 heavy (non-hydrogen) atoms. The lowest BCUT2D eigenvalue weighted by Gasteiger charge is -2.21. The zero-order chi connectivity index (χ0) is 13.7. The molecule has 1 saturated heterocycles. The van der Waals surface area contributed by atoms with Gasteiger partial charge in [-0.1, -0.05) is 0 Å². The Morgan fingerprint density at radius 2 is 2.42 bits per heavy atom. The van der Waals surface area contributed by atoms with Crippen LogP contribution in [-0.4, -0.2) is 41.0 Å². The number of nitrogens with zero attached hydrogens (tertiary/aromatic N) is 1. The summed E-state index contributed by atoms with van der Waals surface area (Å²) in [5, 5.41) is 4.77. The Morgan fingerprint density at radius 1 is 1.58 bits per heavy atom. The lowest BCUT2D eigenvalue weighted by molar-refractivity contribution is 0.0526. The summed E-state index contributed by atoms with van der Waals surface area (Å²) in [5.41, 5.74) is 0.295. The Labute approximate surface area is 120 Å². The first kappa shape index (κ1) is 14.3. The fourth-order valence-corrected chi connectivity index (χ4v) is 3.54. The molecule has 1 N–H and O–H groups in total. The Balaban J connectivity index is 1.93. The molecule has 104 valence electrons. The van der Waals surface area contributed by atoms with E-state index in [-0.39, 0.29) is 17.0 Å². The third-order valence-electron chi connectivity index (χ3n) is 2.68. The van der Waals surface area contributed by atoms with E-state index < -0.39 is 5.97 Å². The number of thiazole rings is 1. The van der Waals surface area contributed by atoms with Gasteiger partial charge in [-0.3, -0.25) is 4.79 Å². The third-order valence-corrected chi connectivity index (χ3v) is 4.72. The summed E-state index contributed by atoms with van der Waals surface area (Å²) >= 11 is 2.99. The van der Waals surface area contributed by atoms with Crippen molar-refractivity contribution < 1.29 is 14.3 Å². The molecule has 1 aliphatic rings. The van der Waals surface area contributed by atoms with Gasteiger partial charge in [0.05, 0.1) is 6.61 Å². The summed E-state index contributed by atoms with van der Waals surface area (Å²) in [7, 11) is 0. The minimum absolute atomic E-state index is 0.207. The van der Waals surface area contributed by atoms with Crippen LogP contribution >= 0.6 is 23.1 Å². The van der Waals surface area contributed by atoms with Crippen LogP contribution in [0.15, 0.2) is 5.38 Å². The Bertz CT molecular complexity index is 456. The molecule has 0 spiro atoms. The second kappa shape index (κ2) is 6.91. The zero-order valence-electron chi connectivity index (χ0n) is 10.7. The molecule has 2 heterocycles. The molecule has 1 fully saturated rings. The monoisotopic (exact) mass is 300 g/mol. The van der Waals surface area contributed by atoms with E-state index in [1.807, 2.05) is 11.8 Å². The third kappa shape index (κ3) is 3.94. The van der Waals surface area contributed by atoms with E-state index in [9.17, 15) is 9.59 Å². The number of hydrogen-bond donors (Lipinski definition) is 1. The summed E-state index contributed by atoms with van der Waals surface area (Å²) in [4.78, 5) is 27.5. The molecule has 0 aromatic carbocycles. The molecule has 1 unspecified atom stereocenters. The summed E-state index contributed by atoms with van der Waals surface area (Å²) in [6, 6.07) is 0.207. The van der Waals surface area contributed by atoms with Crippen LogP contribution in [0.1, 0.15) is 40.1 Å². The highest BCUT2D eigenvalue weighted by atomic mass is 32.2. The smallest absolute Gasteiger partial charge is 0.367 e. The maximum Gasteiger partial charge on any atom is 0.367 e. The Hall–Kier alpha value is -1.08. The molecule has 5 nitrogen and oxygen atoms in total. The van der Waals surface area contributed by atoms with E-state index in [2.05, 4.69) is 10.3 Å². The summed E-state index contributed by atoms with van der Waals surface area (Å²) in [5.74, 6) is 1.43. The van der Waals surface area contributed by atoms with Gasteiger partial charge in [-0.05, 0) is 25.5 Å². The highest BCUT2D eigenvalue weighted by Crippen LogP contribution is 2.18. The number of amides is 1. The molecular weight excluding hydrogens is 284 g/mol. The lowest BCUT2D eigenvalue weighted by atomic mass is 10.2. The van der Waals surface area contributed by atoms with E-state index in [1.54, 1.807) is 12.3 Å². The fraction of sp³-hybridized carbons (Fsp3) is 0.583. The van der Waals surface area contributed by atoms with Gasteiger partial charge in [0.25, 0.3) is 5.91 Å². The van der Waals surface area contributed by atoms with Crippen molar-refractivity contribution in [3.8, 4) is 0 Å². The summed E-state index contributed by atoms with van der Waals surface area (Å²) in [6.45, 7) is 2.04. The molecule has 0 bridgehead atoms. The van der Waals surface area contributed by atoms with E-state index in [1.165, 1.54) is 0 Å². The van der Waals surface area contributed by atoms with E-state index >= 15 is 0 Å². The van der Waals surface area contributed by atoms with Crippen molar-refractivity contribution in [3.05, 3.63) is 16.1 Å². The first-order valence-electron chi connectivity index (χ1n) is 6.22. The van der Waals surface area contributed by atoms with Crippen molar-refractivity contribution in [2.24, 2.45) is 0 Å². The number of rotatable bonds is 4. The van der Waals surface area contributed by atoms with Crippen molar-refractivity contribution in [2.75, 3.05) is 18.1 Å². The fourth-order valence-electron chi connectivity index (χ4n) is 1.78. The molecule has 7 heteroatoms. The highest BCUT2D eigenvalue weighted by molar-refractivity contribution is 7.99. The molecule has 1 aromatic heterocycles. The quantitative estimate of drug-likeness (QED) is 0.861. The average Bonchev–Trinajstić information content (AvgIpc) is 2.90. The number of nitrogens with one attached hydrogen (secondary N) is 1. The van der Waals surface area contributed by atoms with Crippen molar-refractivity contribution in [1.82, 2.24) is 10.3 Å². The van der Waals surface area contributed by atoms with Crippen molar-refractivity contribution in [1.29, 1.82) is 0 Å². The number of hydrogen-bond acceptors (Lipinski definition) is 6. The summed E-state index contributed by atoms with van der Waals surface area (Å²) < 4.78 is 4.84. The number of carbonyl (C=O) groups is 2. The first-order valence-corrected chi connectivity index (χ1v) is 8.25. The molecule has 2 rings (SSSR count). The minimum Gasteiger partial charge on any atom is -0.461 e. The van der Waals surface area contributed by atoms with Gasteiger partial charge < -0.3 is 10.1 Å². The summed E-state index contributed by atoms with van der Waals surface area (Å²) in [6.07, 6.45) is 2.13. The maximum absolute atomic E-state index is 12.0. The topological polar surface area (TPSA) is 68.3 Å². The number of thioether (sulfide) groups is 1. The molecule has 1 aromatic rings. The molecule has 1 atom stereocenters. The second-order valence-electron chi connectivity index (χ2n) is 4.15. The van der Waals surface area contributed by atoms with Gasteiger partial charge in [-0.15, -0.1) is 11.3 Å². The standard InChI is InChI=1S/C12H16N2O3S2/c1-2-17-12(16)11-14-9(7-19-11)10(15)13-8-4-3-5-18-6-8/h7-8H,2-6H2,1H3,(H,13,15). The van der Waals surface area contributed by atoms with Gasteiger partial charge in [0.2, 0.25) is 5.01 Å². The number of ether oxygens (including phenoxy) is 1. The number of esters is 1. The van der Waals surface area contributed by atoms with Crippen molar-refractivity contribution in [3.63, 3.8) is 0 Å². The predicted molar refractivity (Wildman–Crippen MR) is 75.9 cm³/mol. The highest BCUT2D eigenvalue weighted by Gasteiger charge is 2.20. The van der Waals surface area contributed by atoms with Crippen molar-refractivity contribution in [2.45, 2.75) is 25.8 Å². The molecule has 1 aliphatic heterocycles. The number of carbonyl (C=O) groups excluding carboxylic acids is 2. The SMILES string of the molecule is CCOC(=O)c1nc(C(=O)NC2CCCSC2)cs1. The van der Waals surface area contributed by atoms with E-state index in [0.717, 1.165) is 35.7 Å². The molecule has 0 saturated carbocycles. The average molecular weight is 300 g/mol. The van der Waals surface area contributed by atoms with Gasteiger partial charge in [0.15, 0.2) is 0 Å². The predicted octanol–water partition coefficient (Wildman–Crippen LogP) is 1.95. The van der Waals surface area contributed by atoms with Gasteiger partial charge >= 0.3 is 5.97 Å². The number of aromatic nitrogens is 1. The van der Waals surface area contributed by atoms with Gasteiger partial charge in [0.1, 0.15) is 5.69 Å². The van der Waals surface area contributed by atoms with Crippen molar-refractivity contribution >= 4 is 35.0 Å². The molecule has 1 amide bonds. The van der Waals surface area contributed by atoms with Crippen LogP contribution in [0.2, 0.25) is 0 Å². The second-order valence-corrected chi connectivity index (χ2v) is 6.15. The first-order chi connectivity index (χ1) is 9.20. The maximum atomic E-state index is 12.0. The normalized spacial score (nSPS) is 18.9. The minimum atomic E-state index is -0.472. The van der Waals surface area contributed by atoms with Crippen LogP contribution in [0, 0.1) is 0 Å². The Morgan fingerprint density at radius 3 is 3.11 bits per heavy atom. The van der Waals surface area contributed by atoms with Gasteiger partial charge in [-0.2, -0.15) is 11.8 Å². The molecule has 0 radical (unpaired) electrons.